The van der Waals surface area contributed by atoms with Crippen LogP contribution in [0.2, 0.25) is 0 Å². The largest absolute Gasteiger partial charge is 0.496 e. The third-order valence-corrected chi connectivity index (χ3v) is 4.58. The fourth-order valence-corrected chi connectivity index (χ4v) is 3.28. The van der Waals surface area contributed by atoms with Crippen LogP contribution in [0, 0.1) is 13.8 Å². The van der Waals surface area contributed by atoms with Crippen molar-refractivity contribution >= 4 is 0 Å². The van der Waals surface area contributed by atoms with Gasteiger partial charge in [0, 0.05) is 11.1 Å². The lowest BCUT2D eigenvalue weighted by atomic mass is 9.86. The maximum atomic E-state index is 11.0. The normalized spacial score (nSPS) is 18.3. The minimum absolute atomic E-state index is 0.274. The summed E-state index contributed by atoms with van der Waals surface area (Å²) in [6.45, 7) is 10.5. The van der Waals surface area contributed by atoms with Crippen molar-refractivity contribution in [3.05, 3.63) is 28.8 Å². The number of ether oxygens (including phenoxy) is 1. The van der Waals surface area contributed by atoms with Crippen LogP contribution >= 0.6 is 0 Å². The third-order valence-electron chi connectivity index (χ3n) is 4.58. The molecule has 1 N–H and O–H groups in total. The van der Waals surface area contributed by atoms with Gasteiger partial charge < -0.3 is 9.84 Å². The average molecular weight is 277 g/mol. The number of rotatable bonds is 4. The molecule has 20 heavy (non-hydrogen) atoms. The van der Waals surface area contributed by atoms with E-state index in [1.165, 1.54) is 12.8 Å². The fourth-order valence-electron chi connectivity index (χ4n) is 3.28. The molecule has 0 amide bonds. The summed E-state index contributed by atoms with van der Waals surface area (Å²) in [6, 6.07) is 4.12. The Hall–Kier alpha value is -1.06. The minimum Gasteiger partial charge on any atom is -0.496 e. The van der Waals surface area contributed by atoms with Gasteiger partial charge in [-0.25, -0.2) is 0 Å². The second-order valence-electron chi connectivity index (χ2n) is 6.45. The monoisotopic (exact) mass is 277 g/mol. The second-order valence-corrected chi connectivity index (χ2v) is 6.45. The second kappa shape index (κ2) is 5.74. The standard InChI is InChI=1S/C17H27NO2/c1-12-10-13(2)15(14(11-12)20-5)16(19)17(3,4)18-8-6-7-9-18/h10-11,16,19H,6-9H2,1-5H3. The van der Waals surface area contributed by atoms with Gasteiger partial charge in [-0.05, 0) is 70.8 Å². The van der Waals surface area contributed by atoms with Gasteiger partial charge >= 0.3 is 0 Å². The van der Waals surface area contributed by atoms with Crippen LogP contribution < -0.4 is 4.74 Å². The van der Waals surface area contributed by atoms with E-state index in [0.29, 0.717) is 0 Å². The van der Waals surface area contributed by atoms with Crippen molar-refractivity contribution in [2.45, 2.75) is 52.2 Å². The zero-order chi connectivity index (χ0) is 14.9. The molecule has 1 aromatic rings. The van der Waals surface area contributed by atoms with Crippen LogP contribution in [0.25, 0.3) is 0 Å². The lowest BCUT2D eigenvalue weighted by molar-refractivity contribution is -0.000299. The molecule has 0 spiro atoms. The van der Waals surface area contributed by atoms with Gasteiger partial charge in [-0.15, -0.1) is 0 Å². The van der Waals surface area contributed by atoms with E-state index in [1.54, 1.807) is 7.11 Å². The van der Waals surface area contributed by atoms with Crippen LogP contribution in [0.3, 0.4) is 0 Å². The van der Waals surface area contributed by atoms with E-state index in [1.807, 2.05) is 13.0 Å². The summed E-state index contributed by atoms with van der Waals surface area (Å²) < 4.78 is 5.51. The maximum absolute atomic E-state index is 11.0. The summed E-state index contributed by atoms with van der Waals surface area (Å²) in [7, 11) is 1.67. The Morgan fingerprint density at radius 3 is 2.35 bits per heavy atom. The maximum Gasteiger partial charge on any atom is 0.125 e. The number of methoxy groups -OCH3 is 1. The van der Waals surface area contributed by atoms with E-state index in [4.69, 9.17) is 4.74 Å². The molecule has 1 aliphatic rings. The molecule has 3 nitrogen and oxygen atoms in total. The van der Waals surface area contributed by atoms with Crippen LogP contribution in [0.4, 0.5) is 0 Å². The molecule has 1 heterocycles. The molecule has 1 saturated heterocycles. The van der Waals surface area contributed by atoms with E-state index >= 15 is 0 Å². The summed E-state index contributed by atoms with van der Waals surface area (Å²) in [6.07, 6.45) is 1.90. The summed E-state index contributed by atoms with van der Waals surface area (Å²) in [5.74, 6) is 0.794. The fraction of sp³-hybridized carbons (Fsp3) is 0.647. The first-order chi connectivity index (χ1) is 9.37. The smallest absolute Gasteiger partial charge is 0.125 e. The predicted molar refractivity (Wildman–Crippen MR) is 82.3 cm³/mol. The number of hydrogen-bond donors (Lipinski definition) is 1. The Labute approximate surface area is 122 Å². The van der Waals surface area contributed by atoms with Gasteiger partial charge in [-0.3, -0.25) is 4.90 Å². The van der Waals surface area contributed by atoms with Crippen LogP contribution in [-0.2, 0) is 0 Å². The third kappa shape index (κ3) is 2.70. The SMILES string of the molecule is COc1cc(C)cc(C)c1C(O)C(C)(C)N1CCCC1. The van der Waals surface area contributed by atoms with E-state index in [9.17, 15) is 5.11 Å². The quantitative estimate of drug-likeness (QED) is 0.917. The zero-order valence-corrected chi connectivity index (χ0v) is 13.4. The molecular formula is C17H27NO2. The van der Waals surface area contributed by atoms with Gasteiger partial charge in [0.1, 0.15) is 11.9 Å². The highest BCUT2D eigenvalue weighted by Crippen LogP contribution is 2.39. The van der Waals surface area contributed by atoms with Crippen LogP contribution in [0.15, 0.2) is 12.1 Å². The molecule has 0 aromatic heterocycles. The topological polar surface area (TPSA) is 32.7 Å². The van der Waals surface area contributed by atoms with Crippen molar-refractivity contribution < 1.29 is 9.84 Å². The Balaban J connectivity index is 2.39. The summed E-state index contributed by atoms with van der Waals surface area (Å²) in [4.78, 5) is 2.39. The molecule has 3 heteroatoms. The molecule has 0 radical (unpaired) electrons. The first-order valence-corrected chi connectivity index (χ1v) is 7.46. The molecule has 0 saturated carbocycles. The lowest BCUT2D eigenvalue weighted by Crippen LogP contribution is -2.47. The van der Waals surface area contributed by atoms with E-state index in [0.717, 1.165) is 35.5 Å². The lowest BCUT2D eigenvalue weighted by Gasteiger charge is -2.40. The van der Waals surface area contributed by atoms with Gasteiger partial charge in [0.2, 0.25) is 0 Å². The molecule has 2 rings (SSSR count). The van der Waals surface area contributed by atoms with Crippen molar-refractivity contribution in [2.24, 2.45) is 0 Å². The Morgan fingerprint density at radius 2 is 1.80 bits per heavy atom. The Kier molecular flexibility index (Phi) is 4.40. The van der Waals surface area contributed by atoms with Crippen LogP contribution in [0.5, 0.6) is 5.75 Å². The average Bonchev–Trinajstić information content (AvgIpc) is 2.91. The molecule has 1 unspecified atom stereocenters. The highest BCUT2D eigenvalue weighted by Gasteiger charge is 2.38. The first-order valence-electron chi connectivity index (χ1n) is 7.46. The number of aliphatic hydroxyl groups is 1. The summed E-state index contributed by atoms with van der Waals surface area (Å²) >= 11 is 0. The van der Waals surface area contributed by atoms with Gasteiger partial charge in [-0.2, -0.15) is 0 Å². The van der Waals surface area contributed by atoms with E-state index in [-0.39, 0.29) is 5.54 Å². The van der Waals surface area contributed by atoms with Crippen LogP contribution in [0.1, 0.15) is 49.5 Å². The van der Waals surface area contributed by atoms with Gasteiger partial charge in [0.05, 0.1) is 7.11 Å². The number of benzene rings is 1. The van der Waals surface area contributed by atoms with Crippen molar-refractivity contribution in [3.8, 4) is 5.75 Å². The number of aliphatic hydroxyl groups excluding tert-OH is 1. The number of hydrogen-bond acceptors (Lipinski definition) is 3. The van der Waals surface area contributed by atoms with Crippen molar-refractivity contribution in [2.75, 3.05) is 20.2 Å². The minimum atomic E-state index is -0.545. The Morgan fingerprint density at radius 1 is 1.20 bits per heavy atom. The molecule has 112 valence electrons. The molecule has 0 bridgehead atoms. The zero-order valence-electron chi connectivity index (χ0n) is 13.4. The number of nitrogens with zero attached hydrogens (tertiary/aromatic N) is 1. The highest BCUT2D eigenvalue weighted by molar-refractivity contribution is 5.45. The Bertz CT molecular complexity index is 476. The number of likely N-dealkylation sites (tertiary alicyclic amines) is 1. The molecule has 1 fully saturated rings. The van der Waals surface area contributed by atoms with Crippen LogP contribution in [-0.4, -0.2) is 35.7 Å². The molecule has 0 aliphatic carbocycles. The van der Waals surface area contributed by atoms with E-state index < -0.39 is 6.10 Å². The van der Waals surface area contributed by atoms with Crippen molar-refractivity contribution in [1.82, 2.24) is 4.90 Å². The van der Waals surface area contributed by atoms with Crippen molar-refractivity contribution in [3.63, 3.8) is 0 Å². The molecule has 1 aromatic carbocycles. The predicted octanol–water partition coefficient (Wildman–Crippen LogP) is 3.22. The van der Waals surface area contributed by atoms with E-state index in [2.05, 4.69) is 31.7 Å². The first kappa shape index (κ1) is 15.3. The molecular weight excluding hydrogens is 250 g/mol. The van der Waals surface area contributed by atoms with Crippen molar-refractivity contribution in [1.29, 1.82) is 0 Å². The van der Waals surface area contributed by atoms with Gasteiger partial charge in [-0.1, -0.05) is 6.07 Å². The number of aryl methyl sites for hydroxylation is 2. The molecule has 1 atom stereocenters. The summed E-state index contributed by atoms with van der Waals surface area (Å²) in [5.41, 5.74) is 2.91. The van der Waals surface area contributed by atoms with Gasteiger partial charge in [0.25, 0.3) is 0 Å². The van der Waals surface area contributed by atoms with Gasteiger partial charge in [0.15, 0.2) is 0 Å². The highest BCUT2D eigenvalue weighted by atomic mass is 16.5. The molecule has 1 aliphatic heterocycles. The summed E-state index contributed by atoms with van der Waals surface area (Å²) in [5, 5.41) is 11.0.